The number of nitrogens with one attached hydrogen (secondary N) is 1. The van der Waals surface area contributed by atoms with Gasteiger partial charge in [-0.25, -0.2) is 0 Å². The Morgan fingerprint density at radius 2 is 1.62 bits per heavy atom. The topological polar surface area (TPSA) is 15.3 Å². The molecular formula is C18H32N2Si. The minimum atomic E-state index is -1.16. The average molecular weight is 305 g/mol. The van der Waals surface area contributed by atoms with Crippen LogP contribution < -0.4 is 10.5 Å². The number of hydrogen-bond donors (Lipinski definition) is 1. The molecular weight excluding hydrogens is 272 g/mol. The Kier molecular flexibility index (Phi) is 5.28. The lowest BCUT2D eigenvalue weighted by Crippen LogP contribution is -2.49. The van der Waals surface area contributed by atoms with Crippen molar-refractivity contribution in [1.29, 1.82) is 0 Å². The first-order valence-corrected chi connectivity index (χ1v) is 11.8. The molecule has 0 atom stereocenters. The zero-order chi connectivity index (χ0) is 15.5. The highest BCUT2D eigenvalue weighted by Crippen LogP contribution is 2.33. The van der Waals surface area contributed by atoms with Crippen LogP contribution in [0.2, 0.25) is 19.6 Å². The Morgan fingerprint density at radius 1 is 1.05 bits per heavy atom. The van der Waals surface area contributed by atoms with Gasteiger partial charge in [0.05, 0.1) is 8.07 Å². The molecule has 21 heavy (non-hydrogen) atoms. The predicted octanol–water partition coefficient (Wildman–Crippen LogP) is 3.20. The summed E-state index contributed by atoms with van der Waals surface area (Å²) in [5, 5.41) is 5.24. The van der Waals surface area contributed by atoms with Crippen molar-refractivity contribution < 1.29 is 0 Å². The fourth-order valence-corrected chi connectivity index (χ4v) is 4.54. The second kappa shape index (κ2) is 6.63. The van der Waals surface area contributed by atoms with Crippen LogP contribution in [0, 0.1) is 0 Å². The van der Waals surface area contributed by atoms with Crippen LogP contribution in [0.1, 0.15) is 31.2 Å². The van der Waals surface area contributed by atoms with E-state index in [9.17, 15) is 0 Å². The first-order chi connectivity index (χ1) is 9.83. The molecule has 3 heteroatoms. The Balaban J connectivity index is 1.88. The molecule has 0 radical (unpaired) electrons. The summed E-state index contributed by atoms with van der Waals surface area (Å²) < 4.78 is 0. The minimum Gasteiger partial charge on any atom is -0.311 e. The maximum atomic E-state index is 3.69. The molecule has 2 nitrogen and oxygen atoms in total. The van der Waals surface area contributed by atoms with Gasteiger partial charge in [-0.15, -0.1) is 0 Å². The molecule has 1 aliphatic carbocycles. The van der Waals surface area contributed by atoms with Gasteiger partial charge in [-0.05, 0) is 32.5 Å². The number of hydrogen-bond acceptors (Lipinski definition) is 2. The first-order valence-electron chi connectivity index (χ1n) is 8.31. The molecule has 0 heterocycles. The van der Waals surface area contributed by atoms with Crippen molar-refractivity contribution >= 4 is 13.3 Å². The molecule has 0 bridgehead atoms. The van der Waals surface area contributed by atoms with Crippen molar-refractivity contribution in [2.24, 2.45) is 0 Å². The summed E-state index contributed by atoms with van der Waals surface area (Å²) in [5.41, 5.74) is 1.79. The third-order valence-corrected chi connectivity index (χ3v) is 7.15. The highest BCUT2D eigenvalue weighted by atomic mass is 28.3. The van der Waals surface area contributed by atoms with Gasteiger partial charge in [0.2, 0.25) is 0 Å². The smallest absolute Gasteiger partial charge is 0.0775 e. The van der Waals surface area contributed by atoms with Crippen LogP contribution in [0.3, 0.4) is 0 Å². The molecule has 118 valence electrons. The van der Waals surface area contributed by atoms with Gasteiger partial charge in [0.25, 0.3) is 0 Å². The fourth-order valence-electron chi connectivity index (χ4n) is 3.38. The fraction of sp³-hybridized carbons (Fsp3) is 0.667. The summed E-state index contributed by atoms with van der Waals surface area (Å²) in [7, 11) is 3.30. The zero-order valence-corrected chi connectivity index (χ0v) is 15.5. The lowest BCUT2D eigenvalue weighted by molar-refractivity contribution is 0.153. The molecule has 1 N–H and O–H groups in total. The SMILES string of the molecule is CN(C)C1(CNCc2ccc([Si](C)(C)C)cc2)CCCC1. The Hall–Kier alpha value is -0.643. The summed E-state index contributed by atoms with van der Waals surface area (Å²) in [5.74, 6) is 0. The van der Waals surface area contributed by atoms with Gasteiger partial charge in [-0.2, -0.15) is 0 Å². The van der Waals surface area contributed by atoms with E-state index in [4.69, 9.17) is 0 Å². The van der Waals surface area contributed by atoms with Crippen molar-refractivity contribution in [3.8, 4) is 0 Å². The van der Waals surface area contributed by atoms with Crippen molar-refractivity contribution in [2.45, 2.75) is 57.4 Å². The molecule has 0 aromatic heterocycles. The van der Waals surface area contributed by atoms with E-state index in [1.165, 1.54) is 31.2 Å². The van der Waals surface area contributed by atoms with E-state index in [1.54, 1.807) is 5.19 Å². The van der Waals surface area contributed by atoms with E-state index < -0.39 is 8.07 Å². The van der Waals surface area contributed by atoms with E-state index in [0.717, 1.165) is 13.1 Å². The molecule has 0 saturated heterocycles. The zero-order valence-electron chi connectivity index (χ0n) is 14.5. The van der Waals surface area contributed by atoms with Gasteiger partial charge < -0.3 is 10.2 Å². The molecule has 0 aliphatic heterocycles. The van der Waals surface area contributed by atoms with E-state index in [2.05, 4.69) is 68.2 Å². The van der Waals surface area contributed by atoms with E-state index in [0.29, 0.717) is 5.54 Å². The summed E-state index contributed by atoms with van der Waals surface area (Å²) in [6, 6.07) is 9.27. The first kappa shape index (κ1) is 16.7. The van der Waals surface area contributed by atoms with Gasteiger partial charge >= 0.3 is 0 Å². The Labute approximate surface area is 131 Å². The second-order valence-corrected chi connectivity index (χ2v) is 13.0. The van der Waals surface area contributed by atoms with Gasteiger partial charge in [-0.3, -0.25) is 0 Å². The highest BCUT2D eigenvalue weighted by Gasteiger charge is 2.35. The van der Waals surface area contributed by atoms with Crippen LogP contribution in [0.15, 0.2) is 24.3 Å². The number of benzene rings is 1. The van der Waals surface area contributed by atoms with Gasteiger partial charge in [-0.1, -0.05) is 61.9 Å². The molecule has 0 amide bonds. The number of likely N-dealkylation sites (N-methyl/N-ethyl adjacent to an activating group) is 1. The lowest BCUT2D eigenvalue weighted by atomic mass is 9.96. The van der Waals surface area contributed by atoms with E-state index >= 15 is 0 Å². The standard InChI is InChI=1S/C18H32N2Si/c1-20(2)18(12-6-7-13-18)15-19-14-16-8-10-17(11-9-16)21(3,4)5/h8-11,19H,6-7,12-15H2,1-5H3. The molecule has 1 aromatic carbocycles. The summed E-state index contributed by atoms with van der Waals surface area (Å²) in [6.45, 7) is 9.31. The Bertz CT molecular complexity index is 439. The Morgan fingerprint density at radius 3 is 2.10 bits per heavy atom. The maximum absolute atomic E-state index is 3.69. The monoisotopic (exact) mass is 304 g/mol. The van der Waals surface area contributed by atoms with Crippen LogP contribution in [0.25, 0.3) is 0 Å². The second-order valence-electron chi connectivity index (χ2n) is 7.88. The third-order valence-electron chi connectivity index (χ3n) is 5.09. The summed E-state index contributed by atoms with van der Waals surface area (Å²) in [6.07, 6.45) is 5.43. The number of rotatable bonds is 6. The van der Waals surface area contributed by atoms with Crippen molar-refractivity contribution in [1.82, 2.24) is 10.2 Å². The van der Waals surface area contributed by atoms with Gasteiger partial charge in [0, 0.05) is 18.6 Å². The van der Waals surface area contributed by atoms with Gasteiger partial charge in [0.1, 0.15) is 0 Å². The molecule has 1 saturated carbocycles. The van der Waals surface area contributed by atoms with Crippen molar-refractivity contribution in [3.63, 3.8) is 0 Å². The van der Waals surface area contributed by atoms with Crippen LogP contribution >= 0.6 is 0 Å². The quantitative estimate of drug-likeness (QED) is 0.812. The minimum absolute atomic E-state index is 0.387. The highest BCUT2D eigenvalue weighted by molar-refractivity contribution is 6.88. The average Bonchev–Trinajstić information content (AvgIpc) is 2.88. The molecule has 1 fully saturated rings. The van der Waals surface area contributed by atoms with E-state index in [1.807, 2.05) is 0 Å². The van der Waals surface area contributed by atoms with Crippen LogP contribution in [0.5, 0.6) is 0 Å². The van der Waals surface area contributed by atoms with E-state index in [-0.39, 0.29) is 0 Å². The van der Waals surface area contributed by atoms with Gasteiger partial charge in [0.15, 0.2) is 0 Å². The molecule has 0 spiro atoms. The molecule has 0 unspecified atom stereocenters. The largest absolute Gasteiger partial charge is 0.311 e. The summed E-state index contributed by atoms with van der Waals surface area (Å²) >= 11 is 0. The summed E-state index contributed by atoms with van der Waals surface area (Å²) in [4.78, 5) is 2.43. The predicted molar refractivity (Wildman–Crippen MR) is 96.0 cm³/mol. The van der Waals surface area contributed by atoms with Crippen LogP contribution in [-0.4, -0.2) is 39.2 Å². The van der Waals surface area contributed by atoms with Crippen LogP contribution in [0.4, 0.5) is 0 Å². The molecule has 1 aromatic rings. The van der Waals surface area contributed by atoms with Crippen molar-refractivity contribution in [2.75, 3.05) is 20.6 Å². The maximum Gasteiger partial charge on any atom is 0.0775 e. The number of nitrogens with zero attached hydrogens (tertiary/aromatic N) is 1. The molecule has 1 aliphatic rings. The van der Waals surface area contributed by atoms with Crippen LogP contribution in [-0.2, 0) is 6.54 Å². The van der Waals surface area contributed by atoms with Crippen molar-refractivity contribution in [3.05, 3.63) is 29.8 Å². The normalized spacial score (nSPS) is 18.4. The third kappa shape index (κ3) is 4.18. The molecule has 2 rings (SSSR count). The lowest BCUT2D eigenvalue weighted by Gasteiger charge is -2.36.